The predicted molar refractivity (Wildman–Crippen MR) is 115 cm³/mol. The van der Waals surface area contributed by atoms with Gasteiger partial charge in [-0.15, -0.1) is 0 Å². The maximum absolute atomic E-state index is 13.4. The van der Waals surface area contributed by atoms with Gasteiger partial charge in [0.25, 0.3) is 10.0 Å². The van der Waals surface area contributed by atoms with Crippen molar-refractivity contribution in [1.29, 1.82) is 0 Å². The number of hydrogen-bond donors (Lipinski definition) is 2. The van der Waals surface area contributed by atoms with Gasteiger partial charge in [-0.05, 0) is 47.5 Å². The second-order valence-corrected chi connectivity index (χ2v) is 10.9. The molecule has 0 fully saturated rings. The van der Waals surface area contributed by atoms with Gasteiger partial charge in [-0.1, -0.05) is 46.3 Å². The number of rotatable bonds is 6. The number of sulfonamides is 1. The summed E-state index contributed by atoms with van der Waals surface area (Å²) in [7, 11) is -9.18. The Hall–Kier alpha value is -2.03. The SMILES string of the molecule is Cc1cc(Br)cc(S(=O)(=O)N(CP(=O)(O)O)c2ccc3ccccc3c2C=O)c1. The van der Waals surface area contributed by atoms with Gasteiger partial charge in [0.15, 0.2) is 6.29 Å². The number of fused-ring (bicyclic) bond motifs is 1. The van der Waals surface area contributed by atoms with Crippen molar-refractivity contribution in [2.45, 2.75) is 11.8 Å². The lowest BCUT2D eigenvalue weighted by Gasteiger charge is -2.26. The number of halogens is 1. The fourth-order valence-electron chi connectivity index (χ4n) is 3.05. The number of carbonyl (C=O) groups is 1. The van der Waals surface area contributed by atoms with Crippen molar-refractivity contribution in [2.24, 2.45) is 0 Å². The minimum atomic E-state index is -4.80. The zero-order chi connectivity index (χ0) is 21.4. The molecule has 0 spiro atoms. The van der Waals surface area contributed by atoms with Gasteiger partial charge in [-0.2, -0.15) is 0 Å². The maximum Gasteiger partial charge on any atom is 0.345 e. The largest absolute Gasteiger partial charge is 0.345 e. The molecule has 0 aliphatic carbocycles. The highest BCUT2D eigenvalue weighted by Gasteiger charge is 2.33. The van der Waals surface area contributed by atoms with E-state index in [0.717, 1.165) is 0 Å². The first-order valence-electron chi connectivity index (χ1n) is 8.34. The number of carbonyl (C=O) groups excluding carboxylic acids is 1. The van der Waals surface area contributed by atoms with Crippen LogP contribution in [-0.4, -0.2) is 30.8 Å². The van der Waals surface area contributed by atoms with Crippen LogP contribution in [0.3, 0.4) is 0 Å². The Bertz CT molecular complexity index is 1230. The summed E-state index contributed by atoms with van der Waals surface area (Å²) in [6.45, 7) is 1.70. The van der Waals surface area contributed by atoms with Gasteiger partial charge >= 0.3 is 7.60 Å². The summed E-state index contributed by atoms with van der Waals surface area (Å²) in [5.74, 6) is 0. The van der Waals surface area contributed by atoms with Crippen LogP contribution in [0.5, 0.6) is 0 Å². The molecule has 0 bridgehead atoms. The van der Waals surface area contributed by atoms with Gasteiger partial charge < -0.3 is 9.79 Å². The number of aryl methyl sites for hydroxylation is 1. The minimum Gasteiger partial charge on any atom is -0.323 e. The first kappa shape index (κ1) is 21.7. The van der Waals surface area contributed by atoms with Gasteiger partial charge in [0.2, 0.25) is 0 Å². The van der Waals surface area contributed by atoms with Crippen molar-refractivity contribution in [3.63, 3.8) is 0 Å². The first-order chi connectivity index (χ1) is 13.5. The van der Waals surface area contributed by atoms with Crippen molar-refractivity contribution in [2.75, 3.05) is 10.6 Å². The van der Waals surface area contributed by atoms with Crippen LogP contribution in [0.1, 0.15) is 15.9 Å². The molecule has 0 unspecified atom stereocenters. The summed E-state index contributed by atoms with van der Waals surface area (Å²) in [5, 5.41) is 1.18. The van der Waals surface area contributed by atoms with Crippen LogP contribution < -0.4 is 4.31 Å². The molecule has 3 aromatic rings. The van der Waals surface area contributed by atoms with Gasteiger partial charge in [0.05, 0.1) is 10.6 Å². The normalized spacial score (nSPS) is 12.1. The molecule has 10 heteroatoms. The monoisotopic (exact) mass is 497 g/mol. The average Bonchev–Trinajstić information content (AvgIpc) is 2.63. The fourth-order valence-corrected chi connectivity index (χ4v) is 6.64. The molecular formula is C19H17BrNO6PS. The third kappa shape index (κ3) is 4.60. The molecule has 152 valence electrons. The highest BCUT2D eigenvalue weighted by molar-refractivity contribution is 9.10. The van der Waals surface area contributed by atoms with E-state index in [4.69, 9.17) is 0 Å². The smallest absolute Gasteiger partial charge is 0.323 e. The van der Waals surface area contributed by atoms with Crippen molar-refractivity contribution < 1.29 is 27.6 Å². The lowest BCUT2D eigenvalue weighted by Crippen LogP contribution is -2.33. The van der Waals surface area contributed by atoms with E-state index in [-0.39, 0.29) is 16.1 Å². The average molecular weight is 498 g/mol. The second kappa shape index (κ2) is 8.01. The van der Waals surface area contributed by atoms with Crippen molar-refractivity contribution in [1.82, 2.24) is 0 Å². The topological polar surface area (TPSA) is 112 Å². The zero-order valence-corrected chi connectivity index (χ0v) is 18.5. The molecule has 0 aliphatic rings. The summed E-state index contributed by atoms with van der Waals surface area (Å²) in [5.41, 5.74) is 0.578. The van der Waals surface area contributed by atoms with Crippen molar-refractivity contribution in [3.05, 3.63) is 70.2 Å². The van der Waals surface area contributed by atoms with Crippen molar-refractivity contribution >= 4 is 56.3 Å². The Kier molecular flexibility index (Phi) is 5.98. The summed E-state index contributed by atoms with van der Waals surface area (Å²) < 4.78 is 39.6. The lowest BCUT2D eigenvalue weighted by atomic mass is 10.0. The van der Waals surface area contributed by atoms with Crippen LogP contribution in [0.15, 0.2) is 64.0 Å². The Morgan fingerprint density at radius 1 is 1.10 bits per heavy atom. The second-order valence-electron chi connectivity index (χ2n) is 6.46. The Labute approximate surface area is 176 Å². The molecule has 2 N–H and O–H groups in total. The van der Waals surface area contributed by atoms with Gasteiger partial charge in [-0.25, -0.2) is 8.42 Å². The van der Waals surface area contributed by atoms with Crippen LogP contribution in [0.4, 0.5) is 5.69 Å². The summed E-state index contributed by atoms with van der Waals surface area (Å²) >= 11 is 3.24. The summed E-state index contributed by atoms with van der Waals surface area (Å²) in [6, 6.07) is 14.3. The molecule has 0 saturated carbocycles. The molecule has 0 saturated heterocycles. The Morgan fingerprint density at radius 3 is 2.41 bits per heavy atom. The third-order valence-corrected chi connectivity index (χ3v) is 7.29. The molecule has 0 aliphatic heterocycles. The zero-order valence-electron chi connectivity index (χ0n) is 15.2. The standard InChI is InChI=1S/C19H17BrNO6PS/c1-13-8-15(20)10-16(9-13)29(26,27)21(12-28(23,24)25)19-7-6-14-4-2-3-5-17(14)18(19)11-22/h2-11H,12H2,1H3,(H2,23,24,25). The quantitative estimate of drug-likeness (QED) is 0.392. The molecule has 0 aromatic heterocycles. The van der Waals surface area contributed by atoms with E-state index < -0.39 is 23.9 Å². The first-order valence-corrected chi connectivity index (χ1v) is 12.4. The lowest BCUT2D eigenvalue weighted by molar-refractivity contribution is 0.112. The predicted octanol–water partition coefficient (Wildman–Crippen LogP) is 4.05. The highest BCUT2D eigenvalue weighted by Crippen LogP contribution is 2.41. The molecule has 3 rings (SSSR count). The number of nitrogens with zero attached hydrogens (tertiary/aromatic N) is 1. The number of anilines is 1. The molecule has 0 radical (unpaired) electrons. The Balaban J connectivity index is 2.30. The minimum absolute atomic E-state index is 0.0341. The molecule has 3 aromatic carbocycles. The van der Waals surface area contributed by atoms with Gasteiger partial charge in [0, 0.05) is 10.0 Å². The fraction of sp³-hybridized carbons (Fsp3) is 0.105. The van der Waals surface area contributed by atoms with Crippen LogP contribution in [0.25, 0.3) is 10.8 Å². The van der Waals surface area contributed by atoms with E-state index in [9.17, 15) is 27.6 Å². The van der Waals surface area contributed by atoms with Gasteiger partial charge in [-0.3, -0.25) is 13.7 Å². The number of benzene rings is 3. The van der Waals surface area contributed by atoms with E-state index in [0.29, 0.717) is 31.4 Å². The summed E-state index contributed by atoms with van der Waals surface area (Å²) in [4.78, 5) is 30.8. The van der Waals surface area contributed by atoms with Crippen LogP contribution in [0.2, 0.25) is 0 Å². The molecule has 0 heterocycles. The molecule has 7 nitrogen and oxygen atoms in total. The molecule has 0 atom stereocenters. The van der Waals surface area contributed by atoms with E-state index in [2.05, 4.69) is 15.9 Å². The molecular weight excluding hydrogens is 481 g/mol. The van der Waals surface area contributed by atoms with E-state index in [1.54, 1.807) is 43.3 Å². The maximum atomic E-state index is 13.4. The number of aldehydes is 1. The third-order valence-electron chi connectivity index (χ3n) is 4.25. The van der Waals surface area contributed by atoms with Crippen LogP contribution in [0, 0.1) is 6.92 Å². The van der Waals surface area contributed by atoms with Crippen LogP contribution >= 0.6 is 23.5 Å². The van der Waals surface area contributed by atoms with Crippen LogP contribution in [-0.2, 0) is 14.6 Å². The molecule has 0 amide bonds. The van der Waals surface area contributed by atoms with E-state index in [1.165, 1.54) is 18.2 Å². The van der Waals surface area contributed by atoms with E-state index in [1.807, 2.05) is 0 Å². The molecule has 29 heavy (non-hydrogen) atoms. The van der Waals surface area contributed by atoms with E-state index >= 15 is 0 Å². The van der Waals surface area contributed by atoms with Gasteiger partial charge in [0.1, 0.15) is 6.29 Å². The van der Waals surface area contributed by atoms with Crippen molar-refractivity contribution in [3.8, 4) is 0 Å². The summed E-state index contributed by atoms with van der Waals surface area (Å²) in [6.07, 6.45) is -0.605. The highest BCUT2D eigenvalue weighted by atomic mass is 79.9. The Morgan fingerprint density at radius 2 is 1.79 bits per heavy atom. The number of hydrogen-bond acceptors (Lipinski definition) is 4.